The van der Waals surface area contributed by atoms with Gasteiger partial charge in [-0.3, -0.25) is 32.8 Å². The van der Waals surface area contributed by atoms with E-state index in [1.165, 1.54) is 0 Å². The Bertz CT molecular complexity index is 1950. The first-order valence-corrected chi connectivity index (χ1v) is 18.7. The van der Waals surface area contributed by atoms with Crippen molar-refractivity contribution in [3.8, 4) is 0 Å². The lowest BCUT2D eigenvalue weighted by Crippen LogP contribution is -2.38. The first kappa shape index (κ1) is 43.8. The number of aromatic nitrogens is 4. The molecule has 292 valence electrons. The summed E-state index contributed by atoms with van der Waals surface area (Å²) in [6.07, 6.45) is -10.5. The molecule has 4 rings (SSSR count). The Hall–Kier alpha value is -2.59. The zero-order valence-electron chi connectivity index (χ0n) is 25.2. The first-order chi connectivity index (χ1) is 23.8. The highest BCUT2D eigenvalue weighted by atomic mass is 35.5. The number of halogens is 2. The van der Waals surface area contributed by atoms with Gasteiger partial charge in [0.15, 0.2) is 23.8 Å². The van der Waals surface area contributed by atoms with E-state index in [0.29, 0.717) is 4.57 Å². The van der Waals surface area contributed by atoms with Crippen LogP contribution in [0.1, 0.15) is 33.4 Å². The molecule has 2 unspecified atom stereocenters. The maximum atomic E-state index is 12.3. The highest BCUT2D eigenvalue weighted by molar-refractivity contribution is 7.66. The Kier molecular flexibility index (Phi) is 14.2. The third-order valence-corrected chi connectivity index (χ3v) is 10.7. The topological polar surface area (TPSA) is 435 Å². The highest BCUT2D eigenvalue weighted by Gasteiger charge is 2.47. The number of ether oxygens (including phenoxy) is 2. The summed E-state index contributed by atoms with van der Waals surface area (Å²) in [5, 5.41) is 48.0. The van der Waals surface area contributed by atoms with Gasteiger partial charge in [-0.25, -0.2) is 23.7 Å². The van der Waals surface area contributed by atoms with Crippen LogP contribution in [0.15, 0.2) is 22.0 Å². The van der Waals surface area contributed by atoms with Gasteiger partial charge in [-0.1, -0.05) is 23.2 Å². The number of carbonyl (C=O) groups excluding carboxylic acids is 2. The average Bonchev–Trinajstić information content (AvgIpc) is 3.45. The molecule has 13 N–H and O–H groups in total. The fourth-order valence-corrected chi connectivity index (χ4v) is 7.74. The SMILES string of the molecule is NC(=O)c1nc(Cl)cn([C@@H]2O[C@H](CO)[C@@H](O)[C@H]2O)c1=O.NC(=O)c1nc(Cl)cn([C@@H]2O[C@H](COP(=O)(O)OP(=O)(O)OP(=O)(O)O)[C@@H](O)[C@H]2O)c1=O. The van der Waals surface area contributed by atoms with E-state index in [2.05, 4.69) is 23.1 Å². The Morgan fingerprint density at radius 1 is 0.750 bits per heavy atom. The predicted octanol–water partition coefficient (Wildman–Crippen LogP) is -4.43. The van der Waals surface area contributed by atoms with Gasteiger partial charge in [0.2, 0.25) is 0 Å². The minimum Gasteiger partial charge on any atom is -0.394 e. The molecule has 2 aliphatic heterocycles. The molecule has 2 aliphatic rings. The Balaban J connectivity index is 0.000000311. The van der Waals surface area contributed by atoms with Crippen molar-refractivity contribution in [2.24, 2.45) is 11.5 Å². The van der Waals surface area contributed by atoms with E-state index in [1.54, 1.807) is 0 Å². The van der Waals surface area contributed by atoms with Crippen LogP contribution in [-0.2, 0) is 36.3 Å². The molecule has 2 fully saturated rings. The molecule has 2 aromatic heterocycles. The van der Waals surface area contributed by atoms with Gasteiger partial charge >= 0.3 is 23.5 Å². The van der Waals surface area contributed by atoms with Gasteiger partial charge in [-0.2, -0.15) is 8.62 Å². The predicted molar refractivity (Wildman–Crippen MR) is 163 cm³/mol. The van der Waals surface area contributed by atoms with E-state index < -0.39 is 125 Å². The fourth-order valence-electron chi connectivity index (χ4n) is 4.33. The number of nitrogens with zero attached hydrogens (tertiary/aromatic N) is 4. The van der Waals surface area contributed by atoms with Crippen LogP contribution in [-0.4, -0.2) is 126 Å². The van der Waals surface area contributed by atoms with Gasteiger partial charge in [-0.05, 0) is 0 Å². The fraction of sp³-hybridized carbons (Fsp3) is 0.500. The van der Waals surface area contributed by atoms with Crippen LogP contribution in [0.5, 0.6) is 0 Å². The van der Waals surface area contributed by atoms with E-state index in [1.807, 2.05) is 0 Å². The number of aliphatic hydroxyl groups excluding tert-OH is 5. The number of amides is 2. The molecule has 32 heteroatoms. The standard InChI is InChI=1S/C10H15ClN3O15P3.C10H12ClN3O6/c11-4-1-14(9(18)5(13-4)8(12)17)10-7(16)6(15)3(27-10)2-26-31(22,23)29-32(24,25)28-30(19,20)21;11-4-1-14(9(19)5(13-4)8(12)18)10-7(17)6(16)3(2-15)20-10/h1,3,6-7,10,15-16H,2H2,(H2,12,17)(H,22,23)(H,24,25)(H2,19,20,21);1,3,6-7,10,15-17H,2H2,(H2,12,18)/t2*3-,6-,7-,10-/m11/s1. The van der Waals surface area contributed by atoms with Crippen LogP contribution < -0.4 is 22.6 Å². The molecule has 2 aromatic rings. The Labute approximate surface area is 296 Å². The zero-order valence-corrected chi connectivity index (χ0v) is 29.3. The quantitative estimate of drug-likeness (QED) is 0.0897. The molecule has 2 saturated heterocycles. The van der Waals surface area contributed by atoms with Crippen molar-refractivity contribution in [1.82, 2.24) is 19.1 Å². The lowest BCUT2D eigenvalue weighted by atomic mass is 10.1. The molecule has 0 radical (unpaired) electrons. The van der Waals surface area contributed by atoms with Crippen molar-refractivity contribution in [1.29, 1.82) is 0 Å². The highest BCUT2D eigenvalue weighted by Crippen LogP contribution is 2.66. The van der Waals surface area contributed by atoms with Gasteiger partial charge in [0.1, 0.15) is 46.9 Å². The maximum Gasteiger partial charge on any atom is 0.490 e. The second-order valence-corrected chi connectivity index (χ2v) is 15.3. The molecule has 52 heavy (non-hydrogen) atoms. The summed E-state index contributed by atoms with van der Waals surface area (Å²) >= 11 is 11.4. The third-order valence-electron chi connectivity index (χ3n) is 6.49. The minimum atomic E-state index is -5.78. The zero-order chi connectivity index (χ0) is 39.7. The minimum absolute atomic E-state index is 0.212. The van der Waals surface area contributed by atoms with Crippen LogP contribution in [0, 0.1) is 0 Å². The number of primary amides is 2. The average molecular weight is 851 g/mol. The van der Waals surface area contributed by atoms with E-state index in [0.717, 1.165) is 17.0 Å². The molecule has 0 bridgehead atoms. The number of aliphatic hydroxyl groups is 5. The number of hydrogen-bond acceptors (Lipinski definition) is 19. The van der Waals surface area contributed by atoms with Crippen LogP contribution in [0.4, 0.5) is 0 Å². The Morgan fingerprint density at radius 2 is 1.15 bits per heavy atom. The summed E-state index contributed by atoms with van der Waals surface area (Å²) in [4.78, 5) is 89.1. The molecule has 0 aliphatic carbocycles. The van der Waals surface area contributed by atoms with E-state index in [4.69, 9.17) is 63.9 Å². The second kappa shape index (κ2) is 16.8. The van der Waals surface area contributed by atoms with Gasteiger partial charge in [0, 0.05) is 12.4 Å². The molecule has 2 amide bonds. The van der Waals surface area contributed by atoms with Crippen molar-refractivity contribution in [2.75, 3.05) is 13.2 Å². The summed E-state index contributed by atoms with van der Waals surface area (Å²) in [7, 11) is -16.9. The largest absolute Gasteiger partial charge is 0.490 e. The van der Waals surface area contributed by atoms with E-state index in [9.17, 15) is 58.2 Å². The van der Waals surface area contributed by atoms with Crippen molar-refractivity contribution in [3.05, 3.63) is 54.8 Å². The molecule has 0 spiro atoms. The van der Waals surface area contributed by atoms with Gasteiger partial charge in [0.05, 0.1) is 13.2 Å². The van der Waals surface area contributed by atoms with Gasteiger partial charge in [-0.15, -0.1) is 0 Å². The third kappa shape index (κ3) is 10.8. The number of nitrogens with two attached hydrogens (primary N) is 2. The van der Waals surface area contributed by atoms with Crippen LogP contribution in [0.3, 0.4) is 0 Å². The van der Waals surface area contributed by atoms with Crippen LogP contribution in [0.25, 0.3) is 0 Å². The summed E-state index contributed by atoms with van der Waals surface area (Å²) in [5.41, 5.74) is 6.49. The second-order valence-electron chi connectivity index (χ2n) is 10.1. The number of phosphoric acid groups is 3. The van der Waals surface area contributed by atoms with Crippen LogP contribution in [0.2, 0.25) is 10.3 Å². The first-order valence-electron chi connectivity index (χ1n) is 13.4. The molecule has 0 aromatic carbocycles. The normalized spacial score (nSPS) is 28.4. The van der Waals surface area contributed by atoms with Crippen molar-refractivity contribution < 1.29 is 91.0 Å². The molecular weight excluding hydrogens is 824 g/mol. The molecule has 27 nitrogen and oxygen atoms in total. The van der Waals surface area contributed by atoms with Crippen LogP contribution >= 0.6 is 46.7 Å². The van der Waals surface area contributed by atoms with Gasteiger partial charge in [0.25, 0.3) is 22.9 Å². The number of rotatable bonds is 12. The van der Waals surface area contributed by atoms with Crippen molar-refractivity contribution >= 4 is 58.5 Å². The molecule has 10 atom stereocenters. The maximum absolute atomic E-state index is 12.3. The molecule has 4 heterocycles. The number of carbonyl (C=O) groups is 2. The lowest BCUT2D eigenvalue weighted by molar-refractivity contribution is -0.0545. The van der Waals surface area contributed by atoms with Crippen molar-refractivity contribution in [3.63, 3.8) is 0 Å². The molecule has 0 saturated carbocycles. The smallest absolute Gasteiger partial charge is 0.394 e. The van der Waals surface area contributed by atoms with Gasteiger partial charge < -0.3 is 66.0 Å². The Morgan fingerprint density at radius 3 is 1.52 bits per heavy atom. The summed E-state index contributed by atoms with van der Waals surface area (Å²) in [6.45, 7) is -1.67. The number of hydrogen-bond donors (Lipinski definition) is 11. The monoisotopic (exact) mass is 850 g/mol. The van der Waals surface area contributed by atoms with Crippen molar-refractivity contribution in [2.45, 2.75) is 49.1 Å². The summed E-state index contributed by atoms with van der Waals surface area (Å²) in [6, 6.07) is 0. The number of phosphoric ester groups is 1. The summed E-state index contributed by atoms with van der Waals surface area (Å²) < 4.78 is 56.7. The summed E-state index contributed by atoms with van der Waals surface area (Å²) in [5.74, 6) is -2.35. The molecular formula is C20H27Cl2N6O21P3. The lowest BCUT2D eigenvalue weighted by Gasteiger charge is -2.19. The van der Waals surface area contributed by atoms with E-state index >= 15 is 0 Å². The van der Waals surface area contributed by atoms with E-state index in [-0.39, 0.29) is 5.15 Å².